The minimum absolute atomic E-state index is 0.159. The lowest BCUT2D eigenvalue weighted by Gasteiger charge is -2.19. The Kier molecular flexibility index (Phi) is 4.06. The van der Waals surface area contributed by atoms with Crippen LogP contribution in [0.25, 0.3) is 0 Å². The van der Waals surface area contributed by atoms with Crippen LogP contribution >= 0.6 is 0 Å². The summed E-state index contributed by atoms with van der Waals surface area (Å²) in [6.07, 6.45) is 0. The highest BCUT2D eigenvalue weighted by Gasteiger charge is 2.11. The number of nitrogens with one attached hydrogen (secondary N) is 1. The fourth-order valence-electron chi connectivity index (χ4n) is 2.30. The Hall–Kier alpha value is -2.07. The van der Waals surface area contributed by atoms with Gasteiger partial charge in [-0.3, -0.25) is 0 Å². The molecule has 1 heterocycles. The number of benzene rings is 2. The van der Waals surface area contributed by atoms with Crippen molar-refractivity contribution >= 4 is 0 Å². The largest absolute Gasteiger partial charge is 0.486 e. The van der Waals surface area contributed by atoms with Gasteiger partial charge >= 0.3 is 0 Å². The Morgan fingerprint density at radius 2 is 1.62 bits per heavy atom. The second-order valence-corrected chi connectivity index (χ2v) is 5.17. The van der Waals surface area contributed by atoms with Gasteiger partial charge in [0, 0.05) is 13.1 Å². The molecule has 1 aliphatic heterocycles. The molecular weight excluding hydrogens is 269 g/mol. The third-order valence-corrected chi connectivity index (χ3v) is 3.50. The SMILES string of the molecule is Cc1ccc(CNCc2ccc3c(c2)OCCO3)cc1F. The average molecular weight is 287 g/mol. The van der Waals surface area contributed by atoms with Gasteiger partial charge in [0.25, 0.3) is 0 Å². The highest BCUT2D eigenvalue weighted by atomic mass is 19.1. The molecule has 1 N–H and O–H groups in total. The van der Waals surface area contributed by atoms with Crippen molar-refractivity contribution in [3.05, 3.63) is 58.9 Å². The van der Waals surface area contributed by atoms with E-state index >= 15 is 0 Å². The Labute approximate surface area is 123 Å². The average Bonchev–Trinajstić information content (AvgIpc) is 2.51. The van der Waals surface area contributed by atoms with Crippen LogP contribution in [0.4, 0.5) is 4.39 Å². The molecule has 0 saturated heterocycles. The van der Waals surface area contributed by atoms with Crippen LogP contribution in [0.5, 0.6) is 11.5 Å². The van der Waals surface area contributed by atoms with Crippen molar-refractivity contribution in [3.63, 3.8) is 0 Å². The van der Waals surface area contributed by atoms with Crippen LogP contribution in [-0.4, -0.2) is 13.2 Å². The van der Waals surface area contributed by atoms with Gasteiger partial charge in [0.05, 0.1) is 0 Å². The van der Waals surface area contributed by atoms with Crippen LogP contribution in [0.3, 0.4) is 0 Å². The summed E-state index contributed by atoms with van der Waals surface area (Å²) in [6.45, 7) is 4.29. The molecule has 3 rings (SSSR count). The van der Waals surface area contributed by atoms with Gasteiger partial charge in [-0.1, -0.05) is 18.2 Å². The fraction of sp³-hybridized carbons (Fsp3) is 0.294. The second-order valence-electron chi connectivity index (χ2n) is 5.17. The van der Waals surface area contributed by atoms with Gasteiger partial charge in [0.15, 0.2) is 11.5 Å². The van der Waals surface area contributed by atoms with Gasteiger partial charge in [-0.2, -0.15) is 0 Å². The van der Waals surface area contributed by atoms with Crippen molar-refractivity contribution in [1.82, 2.24) is 5.32 Å². The van der Waals surface area contributed by atoms with Gasteiger partial charge in [-0.05, 0) is 41.8 Å². The molecular formula is C17H18FNO2. The number of rotatable bonds is 4. The molecule has 0 bridgehead atoms. The van der Waals surface area contributed by atoms with E-state index in [1.807, 2.05) is 24.3 Å². The summed E-state index contributed by atoms with van der Waals surface area (Å²) in [4.78, 5) is 0. The molecule has 0 saturated carbocycles. The predicted octanol–water partition coefficient (Wildman–Crippen LogP) is 3.20. The van der Waals surface area contributed by atoms with Gasteiger partial charge in [-0.25, -0.2) is 4.39 Å². The molecule has 0 atom stereocenters. The summed E-state index contributed by atoms with van der Waals surface area (Å²) in [7, 11) is 0. The number of fused-ring (bicyclic) bond motifs is 1. The van der Waals surface area contributed by atoms with E-state index in [2.05, 4.69) is 5.32 Å². The van der Waals surface area contributed by atoms with E-state index in [1.54, 1.807) is 19.1 Å². The lowest BCUT2D eigenvalue weighted by atomic mass is 10.1. The molecule has 0 radical (unpaired) electrons. The normalized spacial score (nSPS) is 13.2. The first-order chi connectivity index (χ1) is 10.2. The Morgan fingerprint density at radius 1 is 0.952 bits per heavy atom. The van der Waals surface area contributed by atoms with E-state index in [0.29, 0.717) is 31.9 Å². The molecule has 0 spiro atoms. The Bertz CT molecular complexity index is 643. The van der Waals surface area contributed by atoms with E-state index in [4.69, 9.17) is 9.47 Å². The van der Waals surface area contributed by atoms with Gasteiger partial charge < -0.3 is 14.8 Å². The van der Waals surface area contributed by atoms with Crippen molar-refractivity contribution in [2.75, 3.05) is 13.2 Å². The third kappa shape index (κ3) is 3.34. The summed E-state index contributed by atoms with van der Waals surface area (Å²) in [5.74, 6) is 1.43. The van der Waals surface area contributed by atoms with Crippen LogP contribution in [0.15, 0.2) is 36.4 Å². The molecule has 2 aromatic carbocycles. The second kappa shape index (κ2) is 6.14. The lowest BCUT2D eigenvalue weighted by molar-refractivity contribution is 0.171. The highest BCUT2D eigenvalue weighted by Crippen LogP contribution is 2.30. The first-order valence-corrected chi connectivity index (χ1v) is 7.06. The Morgan fingerprint density at radius 3 is 2.38 bits per heavy atom. The number of ether oxygens (including phenoxy) is 2. The van der Waals surface area contributed by atoms with Gasteiger partial charge in [0.2, 0.25) is 0 Å². The Balaban J connectivity index is 1.58. The maximum absolute atomic E-state index is 13.5. The molecule has 0 unspecified atom stereocenters. The quantitative estimate of drug-likeness (QED) is 0.936. The molecule has 0 fully saturated rings. The molecule has 21 heavy (non-hydrogen) atoms. The predicted molar refractivity (Wildman–Crippen MR) is 79.1 cm³/mol. The monoisotopic (exact) mass is 287 g/mol. The lowest BCUT2D eigenvalue weighted by Crippen LogP contribution is -2.16. The standard InChI is InChI=1S/C17H18FNO2/c1-12-2-3-13(8-15(12)18)10-19-11-14-4-5-16-17(9-14)21-7-6-20-16/h2-5,8-9,19H,6-7,10-11H2,1H3. The summed E-state index contributed by atoms with van der Waals surface area (Å²) < 4.78 is 24.5. The number of hydrogen-bond acceptors (Lipinski definition) is 3. The van der Waals surface area contributed by atoms with E-state index in [0.717, 1.165) is 22.6 Å². The van der Waals surface area contributed by atoms with Crippen molar-refractivity contribution in [2.24, 2.45) is 0 Å². The van der Waals surface area contributed by atoms with Crippen LogP contribution in [0, 0.1) is 12.7 Å². The molecule has 2 aromatic rings. The number of hydrogen-bond donors (Lipinski definition) is 1. The number of halogens is 1. The molecule has 4 heteroatoms. The molecule has 0 aliphatic carbocycles. The molecule has 0 aromatic heterocycles. The van der Waals surface area contributed by atoms with Crippen molar-refractivity contribution < 1.29 is 13.9 Å². The van der Waals surface area contributed by atoms with Crippen LogP contribution in [0.1, 0.15) is 16.7 Å². The van der Waals surface area contributed by atoms with Crippen molar-refractivity contribution in [3.8, 4) is 11.5 Å². The molecule has 1 aliphatic rings. The third-order valence-electron chi connectivity index (χ3n) is 3.50. The summed E-state index contributed by atoms with van der Waals surface area (Å²) >= 11 is 0. The summed E-state index contributed by atoms with van der Waals surface area (Å²) in [5, 5.41) is 3.31. The van der Waals surface area contributed by atoms with Gasteiger partial charge in [0.1, 0.15) is 19.0 Å². The van der Waals surface area contributed by atoms with Crippen LogP contribution in [0.2, 0.25) is 0 Å². The zero-order valence-corrected chi connectivity index (χ0v) is 12.0. The fourth-order valence-corrected chi connectivity index (χ4v) is 2.30. The highest BCUT2D eigenvalue weighted by molar-refractivity contribution is 5.43. The van der Waals surface area contributed by atoms with E-state index < -0.39 is 0 Å². The molecule has 110 valence electrons. The topological polar surface area (TPSA) is 30.5 Å². The zero-order chi connectivity index (χ0) is 14.7. The summed E-state index contributed by atoms with van der Waals surface area (Å²) in [5.41, 5.74) is 2.73. The molecule has 3 nitrogen and oxygen atoms in total. The first kappa shape index (κ1) is 13.9. The van der Waals surface area contributed by atoms with Crippen LogP contribution in [-0.2, 0) is 13.1 Å². The van der Waals surface area contributed by atoms with Crippen molar-refractivity contribution in [1.29, 1.82) is 0 Å². The smallest absolute Gasteiger partial charge is 0.161 e. The van der Waals surface area contributed by atoms with Gasteiger partial charge in [-0.15, -0.1) is 0 Å². The maximum Gasteiger partial charge on any atom is 0.161 e. The van der Waals surface area contributed by atoms with E-state index in [9.17, 15) is 4.39 Å². The maximum atomic E-state index is 13.5. The van der Waals surface area contributed by atoms with Crippen LogP contribution < -0.4 is 14.8 Å². The number of aryl methyl sites for hydroxylation is 1. The first-order valence-electron chi connectivity index (χ1n) is 7.06. The van der Waals surface area contributed by atoms with Crippen molar-refractivity contribution in [2.45, 2.75) is 20.0 Å². The van der Waals surface area contributed by atoms with E-state index in [1.165, 1.54) is 0 Å². The van der Waals surface area contributed by atoms with E-state index in [-0.39, 0.29) is 5.82 Å². The zero-order valence-electron chi connectivity index (χ0n) is 12.0. The summed E-state index contributed by atoms with van der Waals surface area (Å²) in [6, 6.07) is 11.2. The molecule has 0 amide bonds. The minimum atomic E-state index is -0.159. The minimum Gasteiger partial charge on any atom is -0.486 e.